The Morgan fingerprint density at radius 1 is 1.00 bits per heavy atom. The third-order valence-corrected chi connectivity index (χ3v) is 4.87. The third-order valence-electron chi connectivity index (χ3n) is 3.47. The molecule has 23 heavy (non-hydrogen) atoms. The van der Waals surface area contributed by atoms with Crippen molar-refractivity contribution in [2.24, 2.45) is 0 Å². The van der Waals surface area contributed by atoms with Crippen molar-refractivity contribution >= 4 is 15.7 Å². The molecular weight excluding hydrogens is 320 g/mol. The molecule has 0 spiro atoms. The SMILES string of the molecule is Cc1ccc(NS(=O)(=O)c2ccccc2F)c(F)c1C(C)(C)C. The molecule has 3 nitrogen and oxygen atoms in total. The number of rotatable bonds is 3. The second kappa shape index (κ2) is 5.92. The molecule has 2 aromatic carbocycles. The van der Waals surface area contributed by atoms with Crippen LogP contribution in [0.1, 0.15) is 31.9 Å². The molecule has 0 aromatic heterocycles. The Kier molecular flexibility index (Phi) is 4.48. The highest BCUT2D eigenvalue weighted by atomic mass is 32.2. The number of aryl methyl sites for hydroxylation is 1. The maximum atomic E-state index is 14.8. The molecule has 0 amide bonds. The van der Waals surface area contributed by atoms with Crippen LogP contribution >= 0.6 is 0 Å². The van der Waals surface area contributed by atoms with Crippen LogP contribution in [0.4, 0.5) is 14.5 Å². The summed E-state index contributed by atoms with van der Waals surface area (Å²) in [4.78, 5) is -0.516. The predicted octanol–water partition coefficient (Wildman–Crippen LogP) is 4.37. The van der Waals surface area contributed by atoms with Gasteiger partial charge in [0.05, 0.1) is 5.69 Å². The average molecular weight is 339 g/mol. The van der Waals surface area contributed by atoms with Crippen LogP contribution in [-0.4, -0.2) is 8.42 Å². The maximum absolute atomic E-state index is 14.8. The molecule has 0 bridgehead atoms. The first-order valence-electron chi connectivity index (χ1n) is 7.11. The lowest BCUT2D eigenvalue weighted by Gasteiger charge is -2.24. The van der Waals surface area contributed by atoms with E-state index < -0.39 is 32.0 Å². The summed E-state index contributed by atoms with van der Waals surface area (Å²) >= 11 is 0. The second-order valence-electron chi connectivity index (χ2n) is 6.40. The van der Waals surface area contributed by atoms with Crippen molar-refractivity contribution in [2.75, 3.05) is 4.72 Å². The van der Waals surface area contributed by atoms with Crippen LogP contribution in [0.25, 0.3) is 0 Å². The van der Waals surface area contributed by atoms with Gasteiger partial charge in [0.15, 0.2) is 5.82 Å². The largest absolute Gasteiger partial charge is 0.277 e. The summed E-state index contributed by atoms with van der Waals surface area (Å²) in [5, 5.41) is 0. The van der Waals surface area contributed by atoms with E-state index in [1.807, 2.05) is 20.8 Å². The normalized spacial score (nSPS) is 12.3. The third kappa shape index (κ3) is 3.52. The minimum Gasteiger partial charge on any atom is -0.277 e. The fourth-order valence-electron chi connectivity index (χ4n) is 2.53. The van der Waals surface area contributed by atoms with Crippen LogP contribution < -0.4 is 4.72 Å². The van der Waals surface area contributed by atoms with Gasteiger partial charge in [-0.05, 0) is 41.7 Å². The van der Waals surface area contributed by atoms with E-state index in [1.165, 1.54) is 18.2 Å². The molecule has 0 aliphatic carbocycles. The topological polar surface area (TPSA) is 46.2 Å². The summed E-state index contributed by atoms with van der Waals surface area (Å²) in [5.74, 6) is -1.53. The molecular formula is C17H19F2NO2S. The number of anilines is 1. The molecule has 0 saturated carbocycles. The van der Waals surface area contributed by atoms with E-state index in [9.17, 15) is 17.2 Å². The maximum Gasteiger partial charge on any atom is 0.264 e. The smallest absolute Gasteiger partial charge is 0.264 e. The van der Waals surface area contributed by atoms with E-state index in [2.05, 4.69) is 4.72 Å². The van der Waals surface area contributed by atoms with Gasteiger partial charge in [-0.15, -0.1) is 0 Å². The van der Waals surface area contributed by atoms with Gasteiger partial charge in [0.2, 0.25) is 0 Å². The zero-order chi connectivity index (χ0) is 17.4. The van der Waals surface area contributed by atoms with Crippen LogP contribution in [0.5, 0.6) is 0 Å². The summed E-state index contributed by atoms with van der Waals surface area (Å²) in [5.41, 5.74) is 0.465. The quantitative estimate of drug-likeness (QED) is 0.902. The monoisotopic (exact) mass is 339 g/mol. The number of hydrogen-bond acceptors (Lipinski definition) is 2. The highest BCUT2D eigenvalue weighted by Crippen LogP contribution is 2.33. The van der Waals surface area contributed by atoms with Crippen molar-refractivity contribution in [3.05, 3.63) is 59.2 Å². The lowest BCUT2D eigenvalue weighted by atomic mass is 9.83. The molecule has 124 valence electrons. The van der Waals surface area contributed by atoms with Crippen LogP contribution in [-0.2, 0) is 15.4 Å². The van der Waals surface area contributed by atoms with Gasteiger partial charge in [0.25, 0.3) is 10.0 Å². The van der Waals surface area contributed by atoms with E-state index in [4.69, 9.17) is 0 Å². The number of benzene rings is 2. The Morgan fingerprint density at radius 2 is 1.61 bits per heavy atom. The lowest BCUT2D eigenvalue weighted by Crippen LogP contribution is -2.20. The zero-order valence-corrected chi connectivity index (χ0v) is 14.3. The molecule has 0 fully saturated rings. The number of sulfonamides is 1. The van der Waals surface area contributed by atoms with Crippen molar-refractivity contribution in [2.45, 2.75) is 38.0 Å². The molecule has 2 aromatic rings. The summed E-state index contributed by atoms with van der Waals surface area (Å²) in [6.07, 6.45) is 0. The van der Waals surface area contributed by atoms with Crippen LogP contribution in [0.15, 0.2) is 41.3 Å². The van der Waals surface area contributed by atoms with Crippen molar-refractivity contribution in [3.8, 4) is 0 Å². The molecule has 0 aliphatic heterocycles. The van der Waals surface area contributed by atoms with Gasteiger partial charge in [-0.25, -0.2) is 17.2 Å². The predicted molar refractivity (Wildman–Crippen MR) is 87.0 cm³/mol. The van der Waals surface area contributed by atoms with Crippen molar-refractivity contribution in [3.63, 3.8) is 0 Å². The van der Waals surface area contributed by atoms with Crippen LogP contribution in [0.3, 0.4) is 0 Å². The highest BCUT2D eigenvalue weighted by Gasteiger charge is 2.26. The fourth-order valence-corrected chi connectivity index (χ4v) is 3.67. The minimum absolute atomic E-state index is 0.191. The molecule has 0 saturated heterocycles. The molecule has 0 atom stereocenters. The van der Waals surface area contributed by atoms with E-state index in [0.29, 0.717) is 5.56 Å². The van der Waals surface area contributed by atoms with Gasteiger partial charge in [-0.1, -0.05) is 39.0 Å². The number of halogens is 2. The zero-order valence-electron chi connectivity index (χ0n) is 13.4. The summed E-state index contributed by atoms with van der Waals surface area (Å²) < 4.78 is 55.2. The second-order valence-corrected chi connectivity index (χ2v) is 8.06. The standard InChI is InChI=1S/C17H19F2NO2S/c1-11-9-10-13(16(19)15(11)17(2,3)4)20-23(21,22)14-8-6-5-7-12(14)18/h5-10,20H,1-4H3. The first kappa shape index (κ1) is 17.4. The van der Waals surface area contributed by atoms with Crippen LogP contribution in [0.2, 0.25) is 0 Å². The Bertz CT molecular complexity index is 840. The Hall–Kier alpha value is -1.95. The Balaban J connectivity index is 2.52. The lowest BCUT2D eigenvalue weighted by molar-refractivity contribution is 0.521. The number of nitrogens with one attached hydrogen (secondary N) is 1. The van der Waals surface area contributed by atoms with Gasteiger partial charge in [0, 0.05) is 0 Å². The summed E-state index contributed by atoms with van der Waals surface area (Å²) in [6.45, 7) is 7.29. The summed E-state index contributed by atoms with van der Waals surface area (Å²) in [7, 11) is -4.21. The van der Waals surface area contributed by atoms with E-state index >= 15 is 0 Å². The van der Waals surface area contributed by atoms with E-state index in [0.717, 1.165) is 17.7 Å². The summed E-state index contributed by atoms with van der Waals surface area (Å²) in [6, 6.07) is 7.96. The first-order valence-corrected chi connectivity index (χ1v) is 8.59. The van der Waals surface area contributed by atoms with Gasteiger partial charge in [-0.3, -0.25) is 4.72 Å². The number of hydrogen-bond donors (Lipinski definition) is 1. The van der Waals surface area contributed by atoms with Gasteiger partial charge in [-0.2, -0.15) is 0 Å². The van der Waals surface area contributed by atoms with Crippen molar-refractivity contribution in [1.82, 2.24) is 0 Å². The fraction of sp³-hybridized carbons (Fsp3) is 0.294. The highest BCUT2D eigenvalue weighted by molar-refractivity contribution is 7.92. The van der Waals surface area contributed by atoms with Gasteiger partial charge >= 0.3 is 0 Å². The molecule has 2 rings (SSSR count). The molecule has 1 N–H and O–H groups in total. The van der Waals surface area contributed by atoms with Gasteiger partial charge < -0.3 is 0 Å². The molecule has 0 radical (unpaired) electrons. The Labute approximate surface area is 135 Å². The van der Waals surface area contributed by atoms with Crippen LogP contribution in [0, 0.1) is 18.6 Å². The van der Waals surface area contributed by atoms with Gasteiger partial charge in [0.1, 0.15) is 10.7 Å². The van der Waals surface area contributed by atoms with E-state index in [1.54, 1.807) is 13.0 Å². The molecule has 0 heterocycles. The minimum atomic E-state index is -4.21. The van der Waals surface area contributed by atoms with Crippen molar-refractivity contribution in [1.29, 1.82) is 0 Å². The van der Waals surface area contributed by atoms with E-state index in [-0.39, 0.29) is 5.69 Å². The molecule has 6 heteroatoms. The molecule has 0 aliphatic rings. The van der Waals surface area contributed by atoms with Crippen molar-refractivity contribution < 1.29 is 17.2 Å². The average Bonchev–Trinajstić information content (AvgIpc) is 2.41. The molecule has 0 unspecified atom stereocenters. The first-order chi connectivity index (χ1) is 10.5. The Morgan fingerprint density at radius 3 is 2.17 bits per heavy atom.